The Bertz CT molecular complexity index is 767. The van der Waals surface area contributed by atoms with Gasteiger partial charge < -0.3 is 5.73 Å². The number of benzene rings is 1. The summed E-state index contributed by atoms with van der Waals surface area (Å²) < 4.78 is 16.6. The molecule has 0 atom stereocenters. The molecule has 7 heteroatoms. The fraction of sp³-hybridized carbons (Fsp3) is 0.231. The van der Waals surface area contributed by atoms with Crippen molar-refractivity contribution in [3.8, 4) is 0 Å². The van der Waals surface area contributed by atoms with Crippen LogP contribution in [0, 0.1) is 5.82 Å². The fourth-order valence-electron chi connectivity index (χ4n) is 1.86. The standard InChI is InChI=1S/C13H13BrFN3O2/c1-2-17-7-11(16)12(19)18(13(17)20)6-8-3-4-9(14)5-10(8)15/h3-5,7H,2,6,16H2,1H3. The molecule has 0 bridgehead atoms. The largest absolute Gasteiger partial charge is 0.393 e. The molecular formula is C13H13BrFN3O2. The van der Waals surface area contributed by atoms with E-state index in [1.165, 1.54) is 22.9 Å². The van der Waals surface area contributed by atoms with Crippen LogP contribution in [0.25, 0.3) is 0 Å². The van der Waals surface area contributed by atoms with Crippen LogP contribution < -0.4 is 17.0 Å². The molecule has 1 heterocycles. The van der Waals surface area contributed by atoms with Gasteiger partial charge in [-0.1, -0.05) is 22.0 Å². The Morgan fingerprint density at radius 1 is 1.35 bits per heavy atom. The molecule has 20 heavy (non-hydrogen) atoms. The van der Waals surface area contributed by atoms with Crippen LogP contribution in [0.4, 0.5) is 10.1 Å². The molecule has 0 aliphatic heterocycles. The van der Waals surface area contributed by atoms with Crippen LogP contribution in [0.15, 0.2) is 38.5 Å². The van der Waals surface area contributed by atoms with Crippen LogP contribution in [0.1, 0.15) is 12.5 Å². The molecule has 0 spiro atoms. The highest BCUT2D eigenvalue weighted by Crippen LogP contribution is 2.15. The minimum absolute atomic E-state index is 0.0380. The molecule has 0 aliphatic rings. The molecule has 1 aromatic heterocycles. The summed E-state index contributed by atoms with van der Waals surface area (Å²) >= 11 is 3.15. The highest BCUT2D eigenvalue weighted by Gasteiger charge is 2.11. The van der Waals surface area contributed by atoms with Gasteiger partial charge in [0.05, 0.1) is 6.54 Å². The quantitative estimate of drug-likeness (QED) is 0.920. The van der Waals surface area contributed by atoms with Crippen LogP contribution in [-0.2, 0) is 13.1 Å². The predicted molar refractivity (Wildman–Crippen MR) is 78.3 cm³/mol. The van der Waals surface area contributed by atoms with E-state index >= 15 is 0 Å². The number of hydrogen-bond acceptors (Lipinski definition) is 3. The molecule has 0 saturated heterocycles. The first kappa shape index (κ1) is 14.5. The first-order valence-electron chi connectivity index (χ1n) is 5.97. The van der Waals surface area contributed by atoms with Gasteiger partial charge in [0.2, 0.25) is 0 Å². The van der Waals surface area contributed by atoms with E-state index in [2.05, 4.69) is 15.9 Å². The Morgan fingerprint density at radius 3 is 2.65 bits per heavy atom. The minimum Gasteiger partial charge on any atom is -0.393 e. The number of rotatable bonds is 3. The maximum atomic E-state index is 13.8. The summed E-state index contributed by atoms with van der Waals surface area (Å²) in [5, 5.41) is 0. The summed E-state index contributed by atoms with van der Waals surface area (Å²) in [6.45, 7) is 1.99. The second-order valence-electron chi connectivity index (χ2n) is 4.28. The maximum Gasteiger partial charge on any atom is 0.331 e. The van der Waals surface area contributed by atoms with E-state index < -0.39 is 17.1 Å². The van der Waals surface area contributed by atoms with Crippen molar-refractivity contribution in [2.45, 2.75) is 20.0 Å². The van der Waals surface area contributed by atoms with Gasteiger partial charge >= 0.3 is 5.69 Å². The Morgan fingerprint density at radius 2 is 2.05 bits per heavy atom. The molecule has 0 aliphatic carbocycles. The topological polar surface area (TPSA) is 70.0 Å². The van der Waals surface area contributed by atoms with Gasteiger partial charge in [0.25, 0.3) is 5.56 Å². The van der Waals surface area contributed by atoms with Gasteiger partial charge in [-0.15, -0.1) is 0 Å². The van der Waals surface area contributed by atoms with Gasteiger partial charge in [-0.25, -0.2) is 9.18 Å². The predicted octanol–water partition coefficient (Wildman–Crippen LogP) is 1.56. The van der Waals surface area contributed by atoms with Gasteiger partial charge in [-0.05, 0) is 19.1 Å². The SMILES string of the molecule is CCn1cc(N)c(=O)n(Cc2ccc(Br)cc2F)c1=O. The number of nitrogens with two attached hydrogens (primary N) is 1. The zero-order valence-electron chi connectivity index (χ0n) is 10.8. The Balaban J connectivity index is 2.56. The van der Waals surface area contributed by atoms with Crippen molar-refractivity contribution in [1.29, 1.82) is 0 Å². The highest BCUT2D eigenvalue weighted by molar-refractivity contribution is 9.10. The lowest BCUT2D eigenvalue weighted by Crippen LogP contribution is -2.40. The smallest absolute Gasteiger partial charge is 0.331 e. The first-order chi connectivity index (χ1) is 9.43. The Hall–Kier alpha value is -1.89. The van der Waals surface area contributed by atoms with E-state index in [4.69, 9.17) is 5.73 Å². The highest BCUT2D eigenvalue weighted by atomic mass is 79.9. The molecule has 106 valence electrons. The van der Waals surface area contributed by atoms with Gasteiger partial charge in [-0.2, -0.15) is 0 Å². The van der Waals surface area contributed by atoms with Crippen molar-refractivity contribution in [1.82, 2.24) is 9.13 Å². The Labute approximate surface area is 122 Å². The first-order valence-corrected chi connectivity index (χ1v) is 6.77. The number of aromatic nitrogens is 2. The second kappa shape index (κ2) is 5.62. The molecule has 0 radical (unpaired) electrons. The van der Waals surface area contributed by atoms with Gasteiger partial charge in [-0.3, -0.25) is 13.9 Å². The monoisotopic (exact) mass is 341 g/mol. The summed E-state index contributed by atoms with van der Waals surface area (Å²) in [6.07, 6.45) is 1.30. The summed E-state index contributed by atoms with van der Waals surface area (Å²) in [6, 6.07) is 4.45. The number of nitrogens with zero attached hydrogens (tertiary/aromatic N) is 2. The third kappa shape index (κ3) is 2.67. The zero-order chi connectivity index (χ0) is 14.9. The molecule has 2 aromatic rings. The summed E-state index contributed by atoms with van der Waals surface area (Å²) in [7, 11) is 0. The van der Waals surface area contributed by atoms with Crippen LogP contribution in [0.2, 0.25) is 0 Å². The van der Waals surface area contributed by atoms with Crippen molar-refractivity contribution < 1.29 is 4.39 Å². The van der Waals surface area contributed by atoms with Gasteiger partial charge in [0.1, 0.15) is 11.5 Å². The van der Waals surface area contributed by atoms with Crippen LogP contribution in [0.5, 0.6) is 0 Å². The third-order valence-corrected chi connectivity index (χ3v) is 3.44. The Kier molecular flexibility index (Phi) is 4.08. The van der Waals surface area contributed by atoms with Gasteiger partial charge in [0, 0.05) is 22.8 Å². The summed E-state index contributed by atoms with van der Waals surface area (Å²) in [5.74, 6) is -0.490. The number of halogens is 2. The average molecular weight is 342 g/mol. The van der Waals surface area contributed by atoms with Crippen molar-refractivity contribution in [3.05, 3.63) is 61.1 Å². The normalized spacial score (nSPS) is 10.8. The summed E-state index contributed by atoms with van der Waals surface area (Å²) in [4.78, 5) is 24.0. The zero-order valence-corrected chi connectivity index (χ0v) is 12.4. The van der Waals surface area contributed by atoms with Crippen molar-refractivity contribution in [2.75, 3.05) is 5.73 Å². The van der Waals surface area contributed by atoms with Crippen molar-refractivity contribution in [2.24, 2.45) is 0 Å². The average Bonchev–Trinajstić information content (AvgIpc) is 2.41. The van der Waals surface area contributed by atoms with Crippen LogP contribution in [0.3, 0.4) is 0 Å². The molecule has 0 amide bonds. The number of aryl methyl sites for hydroxylation is 1. The van der Waals surface area contributed by atoms with E-state index in [-0.39, 0.29) is 17.8 Å². The van der Waals surface area contributed by atoms with E-state index in [0.29, 0.717) is 11.0 Å². The molecule has 1 aromatic carbocycles. The molecule has 0 saturated carbocycles. The van der Waals surface area contributed by atoms with Gasteiger partial charge in [0.15, 0.2) is 0 Å². The molecule has 0 fully saturated rings. The molecular weight excluding hydrogens is 329 g/mol. The van der Waals surface area contributed by atoms with Crippen molar-refractivity contribution in [3.63, 3.8) is 0 Å². The third-order valence-electron chi connectivity index (χ3n) is 2.95. The molecule has 2 N–H and O–H groups in total. The van der Waals surface area contributed by atoms with E-state index in [9.17, 15) is 14.0 Å². The maximum absolute atomic E-state index is 13.8. The molecule has 2 rings (SSSR count). The second-order valence-corrected chi connectivity index (χ2v) is 5.20. The summed E-state index contributed by atoms with van der Waals surface area (Å²) in [5.41, 5.74) is 4.69. The molecule has 0 unspecified atom stereocenters. The van der Waals surface area contributed by atoms with Crippen molar-refractivity contribution >= 4 is 21.6 Å². The van der Waals surface area contributed by atoms with Crippen LogP contribution in [-0.4, -0.2) is 9.13 Å². The lowest BCUT2D eigenvalue weighted by Gasteiger charge is -2.10. The van der Waals surface area contributed by atoms with E-state index in [1.54, 1.807) is 13.0 Å². The van der Waals surface area contributed by atoms with E-state index in [0.717, 1.165) is 4.57 Å². The van der Waals surface area contributed by atoms with Crippen LogP contribution >= 0.6 is 15.9 Å². The molecule has 5 nitrogen and oxygen atoms in total. The lowest BCUT2D eigenvalue weighted by molar-refractivity contribution is 0.567. The number of anilines is 1. The number of hydrogen-bond donors (Lipinski definition) is 1. The number of nitrogen functional groups attached to an aromatic ring is 1. The fourth-order valence-corrected chi connectivity index (χ4v) is 2.20. The lowest BCUT2D eigenvalue weighted by atomic mass is 10.2. The van der Waals surface area contributed by atoms with E-state index in [1.807, 2.05) is 0 Å². The minimum atomic E-state index is -0.609.